The van der Waals surface area contributed by atoms with Gasteiger partial charge in [-0.3, -0.25) is 4.79 Å². The number of rotatable bonds is 3. The highest BCUT2D eigenvalue weighted by Crippen LogP contribution is 2.35. The van der Waals surface area contributed by atoms with Crippen molar-refractivity contribution < 1.29 is 13.9 Å². The van der Waals surface area contributed by atoms with Crippen LogP contribution in [0.3, 0.4) is 0 Å². The number of hydrogen-bond acceptors (Lipinski definition) is 2. The zero-order valence-electron chi connectivity index (χ0n) is 12.7. The van der Waals surface area contributed by atoms with Gasteiger partial charge < -0.3 is 9.64 Å². The molecule has 2 aromatic carbocycles. The van der Waals surface area contributed by atoms with E-state index in [1.807, 2.05) is 12.1 Å². The van der Waals surface area contributed by atoms with Crippen LogP contribution in [0, 0.1) is 5.82 Å². The molecular weight excluding hydrogens is 281 g/mol. The number of benzene rings is 2. The zero-order valence-corrected chi connectivity index (χ0v) is 12.7. The Hall–Kier alpha value is -2.36. The van der Waals surface area contributed by atoms with Gasteiger partial charge in [0.25, 0.3) is 5.91 Å². The number of ether oxygens (including phenoxy) is 1. The maximum atomic E-state index is 13.8. The Bertz CT molecular complexity index is 714. The first-order chi connectivity index (χ1) is 10.6. The molecule has 0 saturated carbocycles. The molecule has 1 unspecified atom stereocenters. The van der Waals surface area contributed by atoms with E-state index in [2.05, 4.69) is 12.1 Å². The predicted molar refractivity (Wildman–Crippen MR) is 82.5 cm³/mol. The van der Waals surface area contributed by atoms with Crippen LogP contribution in [-0.4, -0.2) is 25.0 Å². The van der Waals surface area contributed by atoms with E-state index >= 15 is 0 Å². The lowest BCUT2D eigenvalue weighted by Crippen LogP contribution is -2.30. The molecule has 1 atom stereocenters. The van der Waals surface area contributed by atoms with Gasteiger partial charge in [0.1, 0.15) is 0 Å². The Labute approximate surface area is 129 Å². The summed E-state index contributed by atoms with van der Waals surface area (Å²) in [5.41, 5.74) is 2.81. The van der Waals surface area contributed by atoms with Crippen LogP contribution in [0.1, 0.15) is 33.9 Å². The third kappa shape index (κ3) is 2.45. The number of nitrogens with zero attached hydrogens (tertiary/aromatic N) is 1. The van der Waals surface area contributed by atoms with Crippen LogP contribution >= 0.6 is 0 Å². The molecule has 0 aliphatic heterocycles. The number of amides is 1. The molecule has 0 heterocycles. The van der Waals surface area contributed by atoms with Gasteiger partial charge in [-0.05, 0) is 42.2 Å². The number of hydrogen-bond donors (Lipinski definition) is 0. The van der Waals surface area contributed by atoms with E-state index < -0.39 is 5.82 Å². The second-order valence-electron chi connectivity index (χ2n) is 5.52. The third-order valence-corrected chi connectivity index (χ3v) is 4.29. The van der Waals surface area contributed by atoms with Gasteiger partial charge in [-0.25, -0.2) is 4.39 Å². The SMILES string of the molecule is COc1ccc(C(=O)N(C)C2CCc3ccccc32)cc1F. The van der Waals surface area contributed by atoms with Crippen molar-refractivity contribution in [1.29, 1.82) is 0 Å². The van der Waals surface area contributed by atoms with Gasteiger partial charge in [0.15, 0.2) is 11.6 Å². The molecule has 0 aromatic heterocycles. The molecule has 0 radical (unpaired) electrons. The van der Waals surface area contributed by atoms with Crippen LogP contribution in [0.5, 0.6) is 5.75 Å². The number of methoxy groups -OCH3 is 1. The standard InChI is InChI=1S/C18H18FNO2/c1-20(16-9-7-12-5-3-4-6-14(12)16)18(21)13-8-10-17(22-2)15(19)11-13/h3-6,8,10-11,16H,7,9H2,1-2H3. The Kier molecular flexibility index (Phi) is 3.84. The van der Waals surface area contributed by atoms with Gasteiger partial charge in [0.2, 0.25) is 0 Å². The lowest BCUT2D eigenvalue weighted by atomic mass is 10.1. The average molecular weight is 299 g/mol. The Balaban J connectivity index is 1.85. The van der Waals surface area contributed by atoms with E-state index in [0.29, 0.717) is 5.56 Å². The maximum absolute atomic E-state index is 13.8. The molecule has 2 aromatic rings. The van der Waals surface area contributed by atoms with Gasteiger partial charge in [-0.15, -0.1) is 0 Å². The second-order valence-corrected chi connectivity index (χ2v) is 5.52. The van der Waals surface area contributed by atoms with E-state index in [0.717, 1.165) is 12.8 Å². The quantitative estimate of drug-likeness (QED) is 0.866. The van der Waals surface area contributed by atoms with E-state index in [1.165, 1.54) is 30.4 Å². The van der Waals surface area contributed by atoms with Crippen molar-refractivity contribution in [1.82, 2.24) is 4.90 Å². The highest BCUT2D eigenvalue weighted by molar-refractivity contribution is 5.94. The van der Waals surface area contributed by atoms with E-state index in [-0.39, 0.29) is 17.7 Å². The topological polar surface area (TPSA) is 29.5 Å². The number of carbonyl (C=O) groups excluding carboxylic acids is 1. The zero-order chi connectivity index (χ0) is 15.7. The van der Waals surface area contributed by atoms with E-state index in [9.17, 15) is 9.18 Å². The Morgan fingerprint density at radius 2 is 2.05 bits per heavy atom. The molecule has 3 rings (SSSR count). The fourth-order valence-corrected chi connectivity index (χ4v) is 3.08. The number of aryl methyl sites for hydroxylation is 1. The molecule has 0 fully saturated rings. The summed E-state index contributed by atoms with van der Waals surface area (Å²) >= 11 is 0. The van der Waals surface area contributed by atoms with E-state index in [4.69, 9.17) is 4.74 Å². The summed E-state index contributed by atoms with van der Waals surface area (Å²) in [6.45, 7) is 0. The van der Waals surface area contributed by atoms with Crippen LogP contribution in [-0.2, 0) is 6.42 Å². The predicted octanol–water partition coefficient (Wildman–Crippen LogP) is 3.59. The first kappa shape index (κ1) is 14.6. The van der Waals surface area contributed by atoms with Crippen molar-refractivity contribution in [3.8, 4) is 5.75 Å². The molecule has 22 heavy (non-hydrogen) atoms. The van der Waals surface area contributed by atoms with Crippen molar-refractivity contribution in [3.63, 3.8) is 0 Å². The summed E-state index contributed by atoms with van der Waals surface area (Å²) in [5, 5.41) is 0. The molecule has 114 valence electrons. The van der Waals surface area contributed by atoms with Crippen molar-refractivity contribution >= 4 is 5.91 Å². The summed E-state index contributed by atoms with van der Waals surface area (Å²) in [6.07, 6.45) is 1.87. The number of carbonyl (C=O) groups is 1. The molecule has 0 saturated heterocycles. The lowest BCUT2D eigenvalue weighted by molar-refractivity contribution is 0.0730. The number of halogens is 1. The smallest absolute Gasteiger partial charge is 0.254 e. The summed E-state index contributed by atoms with van der Waals surface area (Å²) in [6, 6.07) is 12.5. The largest absolute Gasteiger partial charge is 0.494 e. The average Bonchev–Trinajstić information content (AvgIpc) is 2.97. The summed E-state index contributed by atoms with van der Waals surface area (Å²) in [7, 11) is 3.18. The van der Waals surface area contributed by atoms with Crippen molar-refractivity contribution in [3.05, 3.63) is 65.0 Å². The molecule has 0 bridgehead atoms. The Morgan fingerprint density at radius 1 is 1.27 bits per heavy atom. The van der Waals surface area contributed by atoms with Gasteiger partial charge in [-0.1, -0.05) is 24.3 Å². The molecule has 4 heteroatoms. The summed E-state index contributed by atoms with van der Waals surface area (Å²) in [5.74, 6) is -0.553. The maximum Gasteiger partial charge on any atom is 0.254 e. The van der Waals surface area contributed by atoms with Crippen LogP contribution in [0.4, 0.5) is 4.39 Å². The minimum atomic E-state index is -0.520. The van der Waals surface area contributed by atoms with Crippen LogP contribution in [0.15, 0.2) is 42.5 Å². The van der Waals surface area contributed by atoms with Crippen molar-refractivity contribution in [2.24, 2.45) is 0 Å². The molecule has 0 N–H and O–H groups in total. The van der Waals surface area contributed by atoms with Crippen molar-refractivity contribution in [2.45, 2.75) is 18.9 Å². The first-order valence-corrected chi connectivity index (χ1v) is 7.30. The van der Waals surface area contributed by atoms with Gasteiger partial charge in [-0.2, -0.15) is 0 Å². The van der Waals surface area contributed by atoms with Gasteiger partial charge in [0, 0.05) is 12.6 Å². The van der Waals surface area contributed by atoms with Crippen LogP contribution in [0.25, 0.3) is 0 Å². The first-order valence-electron chi connectivity index (χ1n) is 7.30. The molecular formula is C18H18FNO2. The van der Waals surface area contributed by atoms with Gasteiger partial charge in [0.05, 0.1) is 13.2 Å². The monoisotopic (exact) mass is 299 g/mol. The van der Waals surface area contributed by atoms with Crippen LogP contribution in [0.2, 0.25) is 0 Å². The molecule has 1 amide bonds. The van der Waals surface area contributed by atoms with Gasteiger partial charge >= 0.3 is 0 Å². The van der Waals surface area contributed by atoms with Crippen LogP contribution < -0.4 is 4.74 Å². The number of fused-ring (bicyclic) bond motifs is 1. The molecule has 0 spiro atoms. The Morgan fingerprint density at radius 3 is 2.77 bits per heavy atom. The third-order valence-electron chi connectivity index (χ3n) is 4.29. The minimum Gasteiger partial charge on any atom is -0.494 e. The second kappa shape index (κ2) is 5.79. The highest BCUT2D eigenvalue weighted by atomic mass is 19.1. The fourth-order valence-electron chi connectivity index (χ4n) is 3.08. The lowest BCUT2D eigenvalue weighted by Gasteiger charge is -2.25. The summed E-state index contributed by atoms with van der Waals surface area (Å²) in [4.78, 5) is 14.3. The van der Waals surface area contributed by atoms with E-state index in [1.54, 1.807) is 18.0 Å². The minimum absolute atomic E-state index is 0.0499. The molecule has 1 aliphatic rings. The summed E-state index contributed by atoms with van der Waals surface area (Å²) < 4.78 is 18.7. The normalized spacial score (nSPS) is 16.2. The molecule has 3 nitrogen and oxygen atoms in total. The molecule has 1 aliphatic carbocycles. The fraction of sp³-hybridized carbons (Fsp3) is 0.278. The highest BCUT2D eigenvalue weighted by Gasteiger charge is 2.29. The van der Waals surface area contributed by atoms with Crippen molar-refractivity contribution in [2.75, 3.05) is 14.2 Å².